The maximum Gasteiger partial charge on any atom is 0.259 e. The number of aryl methyl sites for hydroxylation is 1. The maximum absolute atomic E-state index is 13.0. The Morgan fingerprint density at radius 2 is 2.15 bits per heavy atom. The molecule has 3 aromatic heterocycles. The maximum atomic E-state index is 13.0. The molecule has 1 saturated heterocycles. The molecule has 8 heteroatoms. The summed E-state index contributed by atoms with van der Waals surface area (Å²) in [6, 6.07) is 1.78. The van der Waals surface area contributed by atoms with Gasteiger partial charge in [0.05, 0.1) is 16.6 Å². The lowest BCUT2D eigenvalue weighted by Crippen LogP contribution is -2.26. The highest BCUT2D eigenvalue weighted by Gasteiger charge is 2.23. The van der Waals surface area contributed by atoms with E-state index < -0.39 is 0 Å². The molecular weight excluding hydrogens is 362 g/mol. The molecular formula is C19H23N5O2S. The first-order valence-corrected chi connectivity index (χ1v) is 10.1. The lowest BCUT2D eigenvalue weighted by Gasteiger charge is -2.20. The quantitative estimate of drug-likeness (QED) is 0.709. The number of fused-ring (bicyclic) bond motifs is 1. The van der Waals surface area contributed by atoms with Crippen molar-refractivity contribution in [3.63, 3.8) is 0 Å². The zero-order chi connectivity index (χ0) is 19.0. The van der Waals surface area contributed by atoms with Gasteiger partial charge in [0.25, 0.3) is 11.6 Å². The van der Waals surface area contributed by atoms with Crippen LogP contribution < -0.4 is 10.6 Å². The van der Waals surface area contributed by atoms with Crippen LogP contribution in [0.25, 0.3) is 11.1 Å². The van der Waals surface area contributed by atoms with E-state index in [9.17, 15) is 4.79 Å². The zero-order valence-electron chi connectivity index (χ0n) is 15.7. The molecule has 142 valence electrons. The molecule has 3 aromatic rings. The fourth-order valence-electron chi connectivity index (χ4n) is 3.47. The van der Waals surface area contributed by atoms with E-state index in [2.05, 4.69) is 25.8 Å². The molecule has 0 atom stereocenters. The van der Waals surface area contributed by atoms with Gasteiger partial charge in [0.2, 0.25) is 0 Å². The summed E-state index contributed by atoms with van der Waals surface area (Å²) in [6.45, 7) is 7.94. The van der Waals surface area contributed by atoms with Crippen molar-refractivity contribution in [2.45, 2.75) is 45.4 Å². The van der Waals surface area contributed by atoms with Gasteiger partial charge in [0.1, 0.15) is 0 Å². The summed E-state index contributed by atoms with van der Waals surface area (Å²) in [5, 5.41) is 11.7. The fraction of sp³-hybridized carbons (Fsp3) is 0.474. The fourth-order valence-corrected chi connectivity index (χ4v) is 4.45. The molecule has 0 spiro atoms. The van der Waals surface area contributed by atoms with E-state index in [-0.39, 0.29) is 11.8 Å². The van der Waals surface area contributed by atoms with Crippen molar-refractivity contribution in [2.24, 2.45) is 0 Å². The number of rotatable bonds is 4. The monoisotopic (exact) mass is 385 g/mol. The van der Waals surface area contributed by atoms with Gasteiger partial charge in [-0.1, -0.05) is 19.0 Å². The summed E-state index contributed by atoms with van der Waals surface area (Å²) in [5.41, 5.74) is 2.39. The van der Waals surface area contributed by atoms with Crippen LogP contribution in [0.15, 0.2) is 16.8 Å². The minimum atomic E-state index is -0.207. The van der Waals surface area contributed by atoms with E-state index in [1.54, 1.807) is 17.4 Å². The number of anilines is 1. The summed E-state index contributed by atoms with van der Waals surface area (Å²) < 4.78 is 5.36. The smallest absolute Gasteiger partial charge is 0.259 e. The molecule has 4 heterocycles. The van der Waals surface area contributed by atoms with E-state index in [0.29, 0.717) is 33.4 Å². The second-order valence-electron chi connectivity index (χ2n) is 7.26. The topological polar surface area (TPSA) is 92.9 Å². The molecule has 0 aromatic carbocycles. The molecule has 0 radical (unpaired) electrons. The molecule has 0 saturated carbocycles. The number of pyridine rings is 1. The van der Waals surface area contributed by atoms with E-state index in [1.807, 2.05) is 27.0 Å². The lowest BCUT2D eigenvalue weighted by molar-refractivity contribution is 0.102. The third-order valence-electron chi connectivity index (χ3n) is 4.88. The SMILES string of the molecule is Cc1cc(C(=O)Nc2ncc(C3CCNCC3)s2)c2c(C(C)C)noc2n1. The number of amides is 1. The van der Waals surface area contributed by atoms with Gasteiger partial charge in [-0.15, -0.1) is 11.3 Å². The Morgan fingerprint density at radius 3 is 2.89 bits per heavy atom. The second-order valence-corrected chi connectivity index (χ2v) is 8.32. The van der Waals surface area contributed by atoms with E-state index in [4.69, 9.17) is 4.52 Å². The summed E-state index contributed by atoms with van der Waals surface area (Å²) in [7, 11) is 0. The predicted octanol–water partition coefficient (Wildman–Crippen LogP) is 3.83. The second kappa shape index (κ2) is 7.36. The van der Waals surface area contributed by atoms with Crippen LogP contribution in [0.1, 0.15) is 65.1 Å². The van der Waals surface area contributed by atoms with Gasteiger partial charge in [-0.25, -0.2) is 9.97 Å². The van der Waals surface area contributed by atoms with Gasteiger partial charge in [0, 0.05) is 16.8 Å². The molecule has 0 bridgehead atoms. The van der Waals surface area contributed by atoms with Gasteiger partial charge in [-0.3, -0.25) is 10.1 Å². The highest BCUT2D eigenvalue weighted by atomic mass is 32.1. The Balaban J connectivity index is 1.62. The number of carbonyl (C=O) groups is 1. The van der Waals surface area contributed by atoms with Gasteiger partial charge < -0.3 is 9.84 Å². The third-order valence-corrected chi connectivity index (χ3v) is 5.95. The Hall–Kier alpha value is -2.32. The van der Waals surface area contributed by atoms with Crippen LogP contribution in [0, 0.1) is 6.92 Å². The molecule has 1 aliphatic heterocycles. The molecule has 0 unspecified atom stereocenters. The van der Waals surface area contributed by atoms with Crippen molar-refractivity contribution in [2.75, 3.05) is 18.4 Å². The Kier molecular flexibility index (Phi) is 4.92. The van der Waals surface area contributed by atoms with Gasteiger partial charge in [0.15, 0.2) is 5.13 Å². The first-order chi connectivity index (χ1) is 13.0. The Morgan fingerprint density at radius 1 is 1.37 bits per heavy atom. The largest absolute Gasteiger partial charge is 0.335 e. The average Bonchev–Trinajstić information content (AvgIpc) is 3.28. The molecule has 4 rings (SSSR count). The molecule has 0 aliphatic carbocycles. The van der Waals surface area contributed by atoms with Gasteiger partial charge in [-0.05, 0) is 50.8 Å². The highest BCUT2D eigenvalue weighted by Crippen LogP contribution is 2.33. The standard InChI is InChI=1S/C19H23N5O2S/c1-10(2)16-15-13(8-11(3)22-18(15)26-24-16)17(25)23-19-21-9-14(27-19)12-4-6-20-7-5-12/h8-10,12,20H,4-7H2,1-3H3,(H,21,23,25). The molecule has 2 N–H and O–H groups in total. The predicted molar refractivity (Wildman–Crippen MR) is 106 cm³/mol. The summed E-state index contributed by atoms with van der Waals surface area (Å²) >= 11 is 1.56. The van der Waals surface area contributed by atoms with Crippen LogP contribution in [0.5, 0.6) is 0 Å². The van der Waals surface area contributed by atoms with E-state index in [0.717, 1.165) is 31.6 Å². The third kappa shape index (κ3) is 3.59. The first kappa shape index (κ1) is 18.1. The number of nitrogens with one attached hydrogen (secondary N) is 2. The number of hydrogen-bond donors (Lipinski definition) is 2. The summed E-state index contributed by atoms with van der Waals surface area (Å²) in [5.74, 6) is 0.449. The number of piperidine rings is 1. The van der Waals surface area contributed by atoms with Crippen molar-refractivity contribution >= 4 is 33.5 Å². The zero-order valence-corrected chi connectivity index (χ0v) is 16.5. The minimum Gasteiger partial charge on any atom is -0.335 e. The summed E-state index contributed by atoms with van der Waals surface area (Å²) in [4.78, 5) is 23.0. The number of thiazole rings is 1. The van der Waals surface area contributed by atoms with Crippen LogP contribution in [-0.4, -0.2) is 34.1 Å². The van der Waals surface area contributed by atoms with Gasteiger partial charge >= 0.3 is 0 Å². The Labute approximate surface area is 161 Å². The molecule has 1 fully saturated rings. The first-order valence-electron chi connectivity index (χ1n) is 9.27. The van der Waals surface area contributed by atoms with Crippen molar-refractivity contribution in [1.29, 1.82) is 0 Å². The van der Waals surface area contributed by atoms with Crippen molar-refractivity contribution in [1.82, 2.24) is 20.4 Å². The number of carbonyl (C=O) groups excluding carboxylic acids is 1. The van der Waals surface area contributed by atoms with Gasteiger partial charge in [-0.2, -0.15) is 0 Å². The minimum absolute atomic E-state index is 0.133. The van der Waals surface area contributed by atoms with E-state index >= 15 is 0 Å². The molecule has 1 amide bonds. The van der Waals surface area contributed by atoms with E-state index in [1.165, 1.54) is 4.88 Å². The molecule has 27 heavy (non-hydrogen) atoms. The average molecular weight is 385 g/mol. The van der Waals surface area contributed by atoms with Crippen LogP contribution in [0.3, 0.4) is 0 Å². The normalized spacial score (nSPS) is 15.6. The van der Waals surface area contributed by atoms with Crippen molar-refractivity contribution in [3.8, 4) is 0 Å². The van der Waals surface area contributed by atoms with Crippen LogP contribution in [-0.2, 0) is 0 Å². The van der Waals surface area contributed by atoms with Crippen molar-refractivity contribution in [3.05, 3.63) is 34.1 Å². The number of aromatic nitrogens is 3. The molecule has 1 aliphatic rings. The van der Waals surface area contributed by atoms with Crippen LogP contribution in [0.4, 0.5) is 5.13 Å². The molecule has 7 nitrogen and oxygen atoms in total. The summed E-state index contributed by atoms with van der Waals surface area (Å²) in [6.07, 6.45) is 4.11. The number of nitrogens with zero attached hydrogens (tertiary/aromatic N) is 3. The van der Waals surface area contributed by atoms with Crippen molar-refractivity contribution < 1.29 is 9.32 Å². The lowest BCUT2D eigenvalue weighted by atomic mass is 9.97. The van der Waals surface area contributed by atoms with Crippen LogP contribution >= 0.6 is 11.3 Å². The van der Waals surface area contributed by atoms with Crippen LogP contribution in [0.2, 0.25) is 0 Å². The Bertz CT molecular complexity index is 972. The number of hydrogen-bond acceptors (Lipinski definition) is 7. The highest BCUT2D eigenvalue weighted by molar-refractivity contribution is 7.15.